The molecule has 3 nitrogen and oxygen atoms in total. The lowest BCUT2D eigenvalue weighted by Crippen LogP contribution is -2.14. The molecule has 0 aromatic carbocycles. The molecular formula is C9H8F3N3. The van der Waals surface area contributed by atoms with Gasteiger partial charge < -0.3 is 0 Å². The summed E-state index contributed by atoms with van der Waals surface area (Å²) in [7, 11) is 1.42. The first-order chi connectivity index (χ1) is 6.89. The van der Waals surface area contributed by atoms with Crippen LogP contribution in [0.5, 0.6) is 0 Å². The van der Waals surface area contributed by atoms with Gasteiger partial charge in [-0.15, -0.1) is 0 Å². The fraction of sp³-hybridized carbons (Fsp3) is 0.556. The van der Waals surface area contributed by atoms with E-state index in [9.17, 15) is 13.2 Å². The van der Waals surface area contributed by atoms with Crippen LogP contribution < -0.4 is 0 Å². The van der Waals surface area contributed by atoms with E-state index in [0.717, 1.165) is 4.68 Å². The molecular weight excluding hydrogens is 207 g/mol. The number of halogens is 3. The molecule has 0 radical (unpaired) electrons. The van der Waals surface area contributed by atoms with Crippen LogP contribution in [0.25, 0.3) is 0 Å². The molecule has 0 aliphatic heterocycles. The highest BCUT2D eigenvalue weighted by atomic mass is 19.4. The largest absolute Gasteiger partial charge is 0.435 e. The molecule has 0 bridgehead atoms. The normalized spacial score (nSPS) is 18.6. The van der Waals surface area contributed by atoms with E-state index >= 15 is 0 Å². The summed E-state index contributed by atoms with van der Waals surface area (Å²) in [5, 5.41) is 12.2. The molecule has 1 saturated carbocycles. The SMILES string of the molecule is Cn1cc(C2(C#N)CC2)c(C(F)(F)F)n1. The maximum Gasteiger partial charge on any atom is 0.435 e. The van der Waals surface area contributed by atoms with Gasteiger partial charge in [0.25, 0.3) is 0 Å². The molecule has 0 spiro atoms. The van der Waals surface area contributed by atoms with Crippen molar-refractivity contribution < 1.29 is 13.2 Å². The van der Waals surface area contributed by atoms with Crippen molar-refractivity contribution in [2.75, 3.05) is 0 Å². The molecule has 1 aromatic rings. The second-order valence-corrected chi connectivity index (χ2v) is 3.76. The topological polar surface area (TPSA) is 41.6 Å². The number of nitrogens with zero attached hydrogens (tertiary/aromatic N) is 3. The smallest absolute Gasteiger partial charge is 0.275 e. The van der Waals surface area contributed by atoms with E-state index in [-0.39, 0.29) is 5.56 Å². The highest BCUT2D eigenvalue weighted by molar-refractivity contribution is 5.41. The zero-order chi connectivity index (χ0) is 11.3. The van der Waals surface area contributed by atoms with Gasteiger partial charge in [-0.3, -0.25) is 4.68 Å². The number of alkyl halides is 3. The number of aryl methyl sites for hydroxylation is 1. The van der Waals surface area contributed by atoms with Gasteiger partial charge in [0.2, 0.25) is 0 Å². The Morgan fingerprint density at radius 3 is 2.53 bits per heavy atom. The van der Waals surface area contributed by atoms with Gasteiger partial charge in [0.05, 0.1) is 11.5 Å². The van der Waals surface area contributed by atoms with Crippen molar-refractivity contribution in [3.05, 3.63) is 17.5 Å². The van der Waals surface area contributed by atoms with Gasteiger partial charge in [0.1, 0.15) is 0 Å². The van der Waals surface area contributed by atoms with E-state index in [1.165, 1.54) is 13.2 Å². The second kappa shape index (κ2) is 2.75. The minimum atomic E-state index is -4.48. The van der Waals surface area contributed by atoms with Crippen LogP contribution >= 0.6 is 0 Å². The third-order valence-electron chi connectivity index (χ3n) is 2.58. The summed E-state index contributed by atoms with van der Waals surface area (Å²) in [5.74, 6) is 0. The molecule has 2 rings (SSSR count). The van der Waals surface area contributed by atoms with Gasteiger partial charge in [0.15, 0.2) is 5.69 Å². The molecule has 6 heteroatoms. The van der Waals surface area contributed by atoms with Crippen molar-refractivity contribution in [1.82, 2.24) is 9.78 Å². The Hall–Kier alpha value is -1.51. The van der Waals surface area contributed by atoms with Crippen molar-refractivity contribution in [2.45, 2.75) is 24.4 Å². The van der Waals surface area contributed by atoms with Gasteiger partial charge in [-0.1, -0.05) is 0 Å². The van der Waals surface area contributed by atoms with Crippen LogP contribution in [-0.4, -0.2) is 9.78 Å². The molecule has 1 aliphatic rings. The maximum atomic E-state index is 12.6. The van der Waals surface area contributed by atoms with Crippen molar-refractivity contribution in [2.24, 2.45) is 7.05 Å². The Balaban J connectivity index is 2.54. The van der Waals surface area contributed by atoms with Crippen molar-refractivity contribution in [3.8, 4) is 6.07 Å². The van der Waals surface area contributed by atoms with Gasteiger partial charge >= 0.3 is 6.18 Å². The summed E-state index contributed by atoms with van der Waals surface area (Å²) in [5.41, 5.74) is -1.86. The molecule has 1 aliphatic carbocycles. The average molecular weight is 215 g/mol. The van der Waals surface area contributed by atoms with E-state index < -0.39 is 17.3 Å². The first kappa shape index (κ1) is 10.0. The predicted octanol–water partition coefficient (Wildman–Crippen LogP) is 1.99. The Bertz CT molecular complexity index is 434. The zero-order valence-electron chi connectivity index (χ0n) is 7.97. The number of hydrogen-bond acceptors (Lipinski definition) is 2. The Labute approximate surface area is 84.1 Å². The molecule has 0 amide bonds. The van der Waals surface area contributed by atoms with Crippen LogP contribution in [0, 0.1) is 11.3 Å². The summed E-state index contributed by atoms with van der Waals surface area (Å²) in [6, 6.07) is 1.94. The molecule has 0 atom stereocenters. The number of nitriles is 1. The lowest BCUT2D eigenvalue weighted by atomic mass is 9.98. The van der Waals surface area contributed by atoms with Crippen molar-refractivity contribution in [1.29, 1.82) is 5.26 Å². The summed E-state index contributed by atoms with van der Waals surface area (Å²) < 4.78 is 38.8. The fourth-order valence-electron chi connectivity index (χ4n) is 1.61. The quantitative estimate of drug-likeness (QED) is 0.718. The summed E-state index contributed by atoms with van der Waals surface area (Å²) in [6.07, 6.45) is -2.22. The monoisotopic (exact) mass is 215 g/mol. The standard InChI is InChI=1S/C9H8F3N3/c1-15-4-6(8(5-13)2-3-8)7(14-15)9(10,11)12/h4H,2-3H2,1H3. The van der Waals surface area contributed by atoms with Gasteiger partial charge in [-0.05, 0) is 12.8 Å². The molecule has 0 saturated heterocycles. The van der Waals surface area contributed by atoms with Crippen LogP contribution in [-0.2, 0) is 18.6 Å². The fourth-order valence-corrected chi connectivity index (χ4v) is 1.61. The maximum absolute atomic E-state index is 12.6. The average Bonchev–Trinajstić information content (AvgIpc) is 2.82. The van der Waals surface area contributed by atoms with Gasteiger partial charge in [0, 0.05) is 18.8 Å². The third kappa shape index (κ3) is 1.48. The lowest BCUT2D eigenvalue weighted by Gasteiger charge is -2.08. The van der Waals surface area contributed by atoms with Crippen LogP contribution in [0.2, 0.25) is 0 Å². The van der Waals surface area contributed by atoms with Gasteiger partial charge in [-0.2, -0.15) is 23.5 Å². The predicted molar refractivity (Wildman–Crippen MR) is 44.7 cm³/mol. The molecule has 1 aromatic heterocycles. The number of rotatable bonds is 1. The van der Waals surface area contributed by atoms with Crippen molar-refractivity contribution in [3.63, 3.8) is 0 Å². The van der Waals surface area contributed by atoms with E-state index in [1.807, 2.05) is 6.07 Å². The van der Waals surface area contributed by atoms with Crippen LogP contribution in [0.1, 0.15) is 24.1 Å². The molecule has 80 valence electrons. The minimum Gasteiger partial charge on any atom is -0.275 e. The first-order valence-electron chi connectivity index (χ1n) is 4.42. The highest BCUT2D eigenvalue weighted by Crippen LogP contribution is 2.50. The van der Waals surface area contributed by atoms with Gasteiger partial charge in [-0.25, -0.2) is 0 Å². The molecule has 1 heterocycles. The van der Waals surface area contributed by atoms with Crippen LogP contribution in [0.15, 0.2) is 6.20 Å². The number of hydrogen-bond donors (Lipinski definition) is 0. The third-order valence-corrected chi connectivity index (χ3v) is 2.58. The number of aromatic nitrogens is 2. The van der Waals surface area contributed by atoms with Crippen LogP contribution in [0.3, 0.4) is 0 Å². The molecule has 1 fully saturated rings. The Kier molecular flexibility index (Phi) is 1.84. The summed E-state index contributed by atoms with van der Waals surface area (Å²) in [4.78, 5) is 0. The Morgan fingerprint density at radius 1 is 1.53 bits per heavy atom. The molecule has 0 unspecified atom stereocenters. The highest BCUT2D eigenvalue weighted by Gasteiger charge is 2.52. The molecule has 15 heavy (non-hydrogen) atoms. The first-order valence-corrected chi connectivity index (χ1v) is 4.42. The van der Waals surface area contributed by atoms with Crippen LogP contribution in [0.4, 0.5) is 13.2 Å². The van der Waals surface area contributed by atoms with E-state index in [4.69, 9.17) is 5.26 Å². The zero-order valence-corrected chi connectivity index (χ0v) is 7.97. The summed E-state index contributed by atoms with van der Waals surface area (Å²) in [6.45, 7) is 0. The minimum absolute atomic E-state index is 0.0139. The second-order valence-electron chi connectivity index (χ2n) is 3.76. The van der Waals surface area contributed by atoms with Crippen molar-refractivity contribution >= 4 is 0 Å². The van der Waals surface area contributed by atoms with E-state index in [0.29, 0.717) is 12.8 Å². The van der Waals surface area contributed by atoms with E-state index in [2.05, 4.69) is 5.10 Å². The lowest BCUT2D eigenvalue weighted by molar-refractivity contribution is -0.142. The van der Waals surface area contributed by atoms with E-state index in [1.54, 1.807) is 0 Å². The Morgan fingerprint density at radius 2 is 2.13 bits per heavy atom. The summed E-state index contributed by atoms with van der Waals surface area (Å²) >= 11 is 0. The molecule has 0 N–H and O–H groups in total.